The summed E-state index contributed by atoms with van der Waals surface area (Å²) in [5.41, 5.74) is 0. The van der Waals surface area contributed by atoms with E-state index in [2.05, 4.69) is 54.6 Å². The van der Waals surface area contributed by atoms with Crippen LogP contribution < -0.4 is 15.9 Å². The number of rotatable bonds is 3. The Morgan fingerprint density at radius 3 is 1.62 bits per heavy atom. The van der Waals surface area contributed by atoms with Gasteiger partial charge >= 0.3 is 0 Å². The Kier molecular flexibility index (Phi) is 4.22. The van der Waals surface area contributed by atoms with Gasteiger partial charge in [-0.05, 0) is 79.4 Å². The standard InChI is InChI=1S/C29H19F2P/c1-32(24-9-3-7-22(30)17-24,25-10-4-8-23(31)18-25)27-16-14-21-12-11-19-5-2-6-20-13-15-26(27)29(21)28(19)20/h2-18H,1H2. The molecule has 0 amide bonds. The SMILES string of the molecule is C=P(c1cccc(F)c1)(c1cccc(F)c1)c1ccc2ccc3cccc4ccc1c2c34. The molecule has 0 unspecified atom stereocenters. The molecule has 154 valence electrons. The topological polar surface area (TPSA) is 0 Å². The van der Waals surface area contributed by atoms with E-state index in [1.54, 1.807) is 24.3 Å². The summed E-state index contributed by atoms with van der Waals surface area (Å²) in [6.07, 6.45) is 4.72. The van der Waals surface area contributed by atoms with Gasteiger partial charge in [0.15, 0.2) is 0 Å². The summed E-state index contributed by atoms with van der Waals surface area (Å²) in [5.74, 6) is -0.630. The van der Waals surface area contributed by atoms with Gasteiger partial charge in [-0.2, -0.15) is 0 Å². The van der Waals surface area contributed by atoms with Crippen molar-refractivity contribution in [2.75, 3.05) is 0 Å². The molecule has 0 saturated heterocycles. The van der Waals surface area contributed by atoms with E-state index in [1.807, 2.05) is 12.1 Å². The van der Waals surface area contributed by atoms with E-state index in [-0.39, 0.29) is 11.6 Å². The highest BCUT2D eigenvalue weighted by atomic mass is 31.2. The maximum absolute atomic E-state index is 14.4. The molecule has 0 heterocycles. The molecular weight excluding hydrogens is 417 g/mol. The normalized spacial score (nSPS) is 12.2. The van der Waals surface area contributed by atoms with Crippen molar-refractivity contribution in [2.45, 2.75) is 0 Å². The molecule has 6 aromatic carbocycles. The first-order valence-corrected chi connectivity index (χ1v) is 12.5. The molecule has 0 atom stereocenters. The fraction of sp³-hybridized carbons (Fsp3) is 0. The molecule has 0 radical (unpaired) electrons. The predicted octanol–water partition coefficient (Wildman–Crippen LogP) is 6.59. The lowest BCUT2D eigenvalue weighted by atomic mass is 9.94. The number of hydrogen-bond donors (Lipinski definition) is 0. The lowest BCUT2D eigenvalue weighted by molar-refractivity contribution is 0.629. The van der Waals surface area contributed by atoms with Crippen LogP contribution in [0.5, 0.6) is 0 Å². The van der Waals surface area contributed by atoms with Crippen molar-refractivity contribution in [2.24, 2.45) is 0 Å². The summed E-state index contributed by atoms with van der Waals surface area (Å²) in [4.78, 5) is 0. The van der Waals surface area contributed by atoms with Gasteiger partial charge < -0.3 is 0 Å². The first-order chi connectivity index (χ1) is 15.6. The van der Waals surface area contributed by atoms with Crippen molar-refractivity contribution < 1.29 is 8.78 Å². The fourth-order valence-corrected chi connectivity index (χ4v) is 8.06. The minimum absolute atomic E-state index is 0.315. The van der Waals surface area contributed by atoms with Crippen LogP contribution in [0.15, 0.2) is 103 Å². The summed E-state index contributed by atoms with van der Waals surface area (Å²) in [6, 6.07) is 32.3. The average molecular weight is 436 g/mol. The Morgan fingerprint density at radius 2 is 1.03 bits per heavy atom. The van der Waals surface area contributed by atoms with Crippen LogP contribution in [0.3, 0.4) is 0 Å². The fourth-order valence-electron chi connectivity index (χ4n) is 4.91. The van der Waals surface area contributed by atoms with Gasteiger partial charge in [0.25, 0.3) is 0 Å². The smallest absolute Gasteiger partial charge is 0.123 e. The summed E-state index contributed by atoms with van der Waals surface area (Å²) in [5, 5.41) is 9.61. The number of hydrogen-bond acceptors (Lipinski definition) is 0. The number of halogens is 2. The van der Waals surface area contributed by atoms with Gasteiger partial charge in [-0.3, -0.25) is 0 Å². The largest absolute Gasteiger partial charge is 0.207 e. The first kappa shape index (κ1) is 19.2. The molecule has 0 bridgehead atoms. The summed E-state index contributed by atoms with van der Waals surface area (Å²) < 4.78 is 28.7. The molecule has 0 aliphatic carbocycles. The molecule has 0 aliphatic rings. The van der Waals surface area contributed by atoms with Gasteiger partial charge in [-0.15, -0.1) is 0 Å². The van der Waals surface area contributed by atoms with Crippen molar-refractivity contribution in [1.82, 2.24) is 0 Å². The van der Waals surface area contributed by atoms with Crippen LogP contribution in [0.2, 0.25) is 0 Å². The molecule has 0 nitrogen and oxygen atoms in total. The third-order valence-corrected chi connectivity index (χ3v) is 9.95. The van der Waals surface area contributed by atoms with Crippen molar-refractivity contribution >= 4 is 61.4 Å². The van der Waals surface area contributed by atoms with E-state index >= 15 is 0 Å². The van der Waals surface area contributed by atoms with Crippen molar-refractivity contribution in [3.05, 3.63) is 115 Å². The van der Waals surface area contributed by atoms with E-state index < -0.39 is 6.89 Å². The molecule has 3 heteroatoms. The van der Waals surface area contributed by atoms with Crippen LogP contribution in [0, 0.1) is 11.6 Å². The summed E-state index contributed by atoms with van der Waals surface area (Å²) in [6.45, 7) is -2.57. The van der Waals surface area contributed by atoms with Crippen LogP contribution in [0.1, 0.15) is 0 Å². The second-order valence-electron chi connectivity index (χ2n) is 8.21. The predicted molar refractivity (Wildman–Crippen MR) is 136 cm³/mol. The van der Waals surface area contributed by atoms with Crippen LogP contribution in [-0.4, -0.2) is 6.30 Å². The third kappa shape index (κ3) is 2.73. The van der Waals surface area contributed by atoms with E-state index in [9.17, 15) is 8.78 Å². The summed E-state index contributed by atoms with van der Waals surface area (Å²) in [7, 11) is 0. The molecule has 0 saturated carbocycles. The molecule has 0 N–H and O–H groups in total. The van der Waals surface area contributed by atoms with E-state index in [4.69, 9.17) is 6.30 Å². The van der Waals surface area contributed by atoms with E-state index in [0.29, 0.717) is 0 Å². The van der Waals surface area contributed by atoms with E-state index in [1.165, 1.54) is 33.7 Å². The highest BCUT2D eigenvalue weighted by Crippen LogP contribution is 2.46. The molecule has 0 spiro atoms. The lowest BCUT2D eigenvalue weighted by Crippen LogP contribution is -2.26. The maximum Gasteiger partial charge on any atom is 0.123 e. The Labute approximate surface area is 185 Å². The highest BCUT2D eigenvalue weighted by molar-refractivity contribution is 7.93. The summed E-state index contributed by atoms with van der Waals surface area (Å²) >= 11 is 0. The van der Waals surface area contributed by atoms with Gasteiger partial charge in [0.05, 0.1) is 0 Å². The second-order valence-corrected chi connectivity index (χ2v) is 11.3. The lowest BCUT2D eigenvalue weighted by Gasteiger charge is -2.29. The molecule has 0 aromatic heterocycles. The van der Waals surface area contributed by atoms with Crippen molar-refractivity contribution in [3.8, 4) is 0 Å². The van der Waals surface area contributed by atoms with Gasteiger partial charge in [0.2, 0.25) is 0 Å². The molecule has 0 aliphatic heterocycles. The zero-order valence-electron chi connectivity index (χ0n) is 17.2. The monoisotopic (exact) mass is 436 g/mol. The molecule has 6 aromatic rings. The van der Waals surface area contributed by atoms with Crippen LogP contribution in [0.25, 0.3) is 32.3 Å². The van der Waals surface area contributed by atoms with Crippen molar-refractivity contribution in [1.29, 1.82) is 0 Å². The number of benzene rings is 6. The minimum Gasteiger partial charge on any atom is -0.207 e. The van der Waals surface area contributed by atoms with Crippen molar-refractivity contribution in [3.63, 3.8) is 0 Å². The van der Waals surface area contributed by atoms with Gasteiger partial charge in [0.1, 0.15) is 11.6 Å². The van der Waals surface area contributed by atoms with E-state index in [0.717, 1.165) is 26.7 Å². The van der Waals surface area contributed by atoms with Gasteiger partial charge in [-0.1, -0.05) is 85.2 Å². The van der Waals surface area contributed by atoms with Crippen LogP contribution in [0.4, 0.5) is 8.78 Å². The van der Waals surface area contributed by atoms with Crippen LogP contribution >= 0.6 is 6.89 Å². The quantitative estimate of drug-likeness (QED) is 0.217. The Hall–Kier alpha value is -3.48. The Morgan fingerprint density at radius 1 is 0.531 bits per heavy atom. The second kappa shape index (κ2) is 7.02. The molecule has 0 fully saturated rings. The molecule has 32 heavy (non-hydrogen) atoms. The van der Waals surface area contributed by atoms with Gasteiger partial charge in [-0.25, -0.2) is 8.78 Å². The zero-order chi connectivity index (χ0) is 21.9. The Balaban J connectivity index is 1.78. The van der Waals surface area contributed by atoms with Gasteiger partial charge in [0, 0.05) is 0 Å². The maximum atomic E-state index is 14.4. The Bertz CT molecular complexity index is 1620. The minimum atomic E-state index is -2.57. The first-order valence-electron chi connectivity index (χ1n) is 10.5. The molecule has 6 rings (SSSR count). The zero-order valence-corrected chi connectivity index (χ0v) is 18.1. The molecular formula is C29H19F2P. The average Bonchev–Trinajstić information content (AvgIpc) is 2.82. The third-order valence-electron chi connectivity index (χ3n) is 6.41. The highest BCUT2D eigenvalue weighted by Gasteiger charge is 2.26. The van der Waals surface area contributed by atoms with Crippen LogP contribution in [-0.2, 0) is 0 Å².